The van der Waals surface area contributed by atoms with E-state index < -0.39 is 0 Å². The highest BCUT2D eigenvalue weighted by Gasteiger charge is 2.42. The lowest BCUT2D eigenvalue weighted by molar-refractivity contribution is -0.119. The van der Waals surface area contributed by atoms with E-state index in [1.54, 1.807) is 14.2 Å². The molecule has 1 aliphatic carbocycles. The molecule has 1 amide bonds. The van der Waals surface area contributed by atoms with Gasteiger partial charge in [-0.1, -0.05) is 12.1 Å². The summed E-state index contributed by atoms with van der Waals surface area (Å²) in [6.07, 6.45) is 1.64. The van der Waals surface area contributed by atoms with E-state index in [4.69, 9.17) is 9.47 Å². The third kappa shape index (κ3) is 3.95. The van der Waals surface area contributed by atoms with Crippen molar-refractivity contribution in [3.63, 3.8) is 0 Å². The Morgan fingerprint density at radius 2 is 2.05 bits per heavy atom. The lowest BCUT2D eigenvalue weighted by Gasteiger charge is -2.43. The van der Waals surface area contributed by atoms with Crippen molar-refractivity contribution in [3.8, 4) is 0 Å². The Labute approximate surface area is 126 Å². The molecule has 0 aliphatic heterocycles. The van der Waals surface area contributed by atoms with Gasteiger partial charge in [-0.3, -0.25) is 4.79 Å². The van der Waals surface area contributed by atoms with Crippen LogP contribution in [-0.4, -0.2) is 44.9 Å². The minimum Gasteiger partial charge on any atom is -0.379 e. The average Bonchev–Trinajstić information content (AvgIpc) is 2.48. The standard InChI is InChI=1S/C16H24N2O3/c1-4-21-14-10-13(16(14)20-3)18-12-7-5-11(6-8-12)9-15(19)17-2/h5-8,13-14,16,18H,4,9-10H2,1-3H3,(H,17,19). The summed E-state index contributed by atoms with van der Waals surface area (Å²) in [5.74, 6) is 0.0219. The van der Waals surface area contributed by atoms with Crippen LogP contribution in [0.15, 0.2) is 24.3 Å². The number of nitrogens with one attached hydrogen (secondary N) is 2. The maximum absolute atomic E-state index is 11.3. The van der Waals surface area contributed by atoms with Gasteiger partial charge in [0.2, 0.25) is 5.91 Å². The van der Waals surface area contributed by atoms with Crippen LogP contribution in [0.1, 0.15) is 18.9 Å². The predicted molar refractivity (Wildman–Crippen MR) is 82.5 cm³/mol. The first-order chi connectivity index (χ1) is 10.2. The fourth-order valence-corrected chi connectivity index (χ4v) is 2.62. The van der Waals surface area contributed by atoms with Crippen LogP contribution in [0.5, 0.6) is 0 Å². The molecule has 0 radical (unpaired) electrons. The van der Waals surface area contributed by atoms with Crippen LogP contribution in [0.25, 0.3) is 0 Å². The number of likely N-dealkylation sites (N-methyl/N-ethyl adjacent to an activating group) is 1. The van der Waals surface area contributed by atoms with Gasteiger partial charge >= 0.3 is 0 Å². The molecular formula is C16H24N2O3. The van der Waals surface area contributed by atoms with Crippen molar-refractivity contribution in [1.29, 1.82) is 0 Å². The molecule has 0 saturated heterocycles. The van der Waals surface area contributed by atoms with E-state index in [0.29, 0.717) is 13.0 Å². The van der Waals surface area contributed by atoms with Gasteiger partial charge in [-0.15, -0.1) is 0 Å². The summed E-state index contributed by atoms with van der Waals surface area (Å²) in [6.45, 7) is 2.71. The first-order valence-electron chi connectivity index (χ1n) is 7.38. The number of hydrogen-bond donors (Lipinski definition) is 2. The fraction of sp³-hybridized carbons (Fsp3) is 0.562. The number of anilines is 1. The third-order valence-corrected chi connectivity index (χ3v) is 3.85. The maximum Gasteiger partial charge on any atom is 0.224 e. The highest BCUT2D eigenvalue weighted by atomic mass is 16.5. The van der Waals surface area contributed by atoms with Crippen LogP contribution >= 0.6 is 0 Å². The molecule has 1 saturated carbocycles. The Bertz CT molecular complexity index is 461. The van der Waals surface area contributed by atoms with Gasteiger partial charge in [-0.2, -0.15) is 0 Å². The molecule has 1 fully saturated rings. The van der Waals surface area contributed by atoms with Crippen molar-refractivity contribution in [2.24, 2.45) is 0 Å². The topological polar surface area (TPSA) is 59.6 Å². The fourth-order valence-electron chi connectivity index (χ4n) is 2.62. The maximum atomic E-state index is 11.3. The summed E-state index contributed by atoms with van der Waals surface area (Å²) in [4.78, 5) is 11.3. The second kappa shape index (κ2) is 7.43. The first kappa shape index (κ1) is 15.8. The average molecular weight is 292 g/mol. The monoisotopic (exact) mass is 292 g/mol. The van der Waals surface area contributed by atoms with E-state index in [0.717, 1.165) is 17.7 Å². The van der Waals surface area contributed by atoms with E-state index >= 15 is 0 Å². The van der Waals surface area contributed by atoms with Gasteiger partial charge in [0.25, 0.3) is 0 Å². The minimum absolute atomic E-state index is 0.0219. The van der Waals surface area contributed by atoms with Crippen LogP contribution < -0.4 is 10.6 Å². The smallest absolute Gasteiger partial charge is 0.224 e. The zero-order valence-corrected chi connectivity index (χ0v) is 12.9. The number of methoxy groups -OCH3 is 1. The van der Waals surface area contributed by atoms with Crippen molar-refractivity contribution in [2.45, 2.75) is 38.0 Å². The number of hydrogen-bond acceptors (Lipinski definition) is 4. The molecule has 0 bridgehead atoms. The van der Waals surface area contributed by atoms with Gasteiger partial charge in [0, 0.05) is 26.5 Å². The number of ether oxygens (including phenoxy) is 2. The molecule has 2 N–H and O–H groups in total. The third-order valence-electron chi connectivity index (χ3n) is 3.85. The number of amides is 1. The summed E-state index contributed by atoms with van der Waals surface area (Å²) in [5, 5.41) is 6.08. The van der Waals surface area contributed by atoms with Crippen LogP contribution in [0, 0.1) is 0 Å². The quantitative estimate of drug-likeness (QED) is 0.801. The Morgan fingerprint density at radius 1 is 1.33 bits per heavy atom. The van der Waals surface area contributed by atoms with Crippen LogP contribution in [0.2, 0.25) is 0 Å². The summed E-state index contributed by atoms with van der Waals surface area (Å²) in [6, 6.07) is 8.21. The van der Waals surface area contributed by atoms with Gasteiger partial charge < -0.3 is 20.1 Å². The van der Waals surface area contributed by atoms with Gasteiger partial charge in [-0.25, -0.2) is 0 Å². The molecule has 116 valence electrons. The molecule has 0 heterocycles. The van der Waals surface area contributed by atoms with Crippen molar-refractivity contribution >= 4 is 11.6 Å². The molecule has 2 rings (SSSR count). The number of benzene rings is 1. The van der Waals surface area contributed by atoms with Crippen molar-refractivity contribution in [3.05, 3.63) is 29.8 Å². The van der Waals surface area contributed by atoms with Crippen LogP contribution in [-0.2, 0) is 20.7 Å². The Kier molecular flexibility index (Phi) is 5.59. The van der Waals surface area contributed by atoms with Gasteiger partial charge in [0.1, 0.15) is 6.10 Å². The van der Waals surface area contributed by atoms with E-state index in [9.17, 15) is 4.79 Å². The molecule has 1 aromatic rings. The van der Waals surface area contributed by atoms with Crippen LogP contribution in [0.3, 0.4) is 0 Å². The lowest BCUT2D eigenvalue weighted by atomic mass is 9.85. The largest absolute Gasteiger partial charge is 0.379 e. The Morgan fingerprint density at radius 3 is 2.62 bits per heavy atom. The van der Waals surface area contributed by atoms with Gasteiger partial charge in [-0.05, 0) is 31.0 Å². The number of carbonyl (C=O) groups excluding carboxylic acids is 1. The normalized spacial score (nSPS) is 24.2. The van der Waals surface area contributed by atoms with Crippen molar-refractivity contribution in [2.75, 3.05) is 26.1 Å². The van der Waals surface area contributed by atoms with E-state index in [1.807, 2.05) is 31.2 Å². The molecule has 21 heavy (non-hydrogen) atoms. The number of rotatable bonds is 7. The second-order valence-corrected chi connectivity index (χ2v) is 5.23. The van der Waals surface area contributed by atoms with E-state index in [2.05, 4.69) is 10.6 Å². The van der Waals surface area contributed by atoms with E-state index in [-0.39, 0.29) is 24.2 Å². The van der Waals surface area contributed by atoms with Gasteiger partial charge in [0.15, 0.2) is 0 Å². The lowest BCUT2D eigenvalue weighted by Crippen LogP contribution is -2.56. The Balaban J connectivity index is 1.88. The Hall–Kier alpha value is -1.59. The molecule has 3 atom stereocenters. The summed E-state index contributed by atoms with van der Waals surface area (Å²) in [5.41, 5.74) is 2.04. The summed E-state index contributed by atoms with van der Waals surface area (Å²) < 4.78 is 11.1. The molecule has 1 aliphatic rings. The van der Waals surface area contributed by atoms with Crippen molar-refractivity contribution < 1.29 is 14.3 Å². The zero-order chi connectivity index (χ0) is 15.2. The number of carbonyl (C=O) groups is 1. The molecule has 5 nitrogen and oxygen atoms in total. The molecule has 3 unspecified atom stereocenters. The molecule has 1 aromatic carbocycles. The first-order valence-corrected chi connectivity index (χ1v) is 7.38. The second-order valence-electron chi connectivity index (χ2n) is 5.23. The van der Waals surface area contributed by atoms with Crippen molar-refractivity contribution in [1.82, 2.24) is 5.32 Å². The zero-order valence-electron chi connectivity index (χ0n) is 12.9. The highest BCUT2D eigenvalue weighted by Crippen LogP contribution is 2.29. The molecule has 0 aromatic heterocycles. The molecule has 0 spiro atoms. The SMILES string of the molecule is CCOC1CC(Nc2ccc(CC(=O)NC)cc2)C1OC. The summed E-state index contributed by atoms with van der Waals surface area (Å²) >= 11 is 0. The van der Waals surface area contributed by atoms with Gasteiger partial charge in [0.05, 0.1) is 18.6 Å². The summed E-state index contributed by atoms with van der Waals surface area (Å²) in [7, 11) is 3.37. The molecular weight excluding hydrogens is 268 g/mol. The molecule has 5 heteroatoms. The minimum atomic E-state index is 0.0219. The van der Waals surface area contributed by atoms with Crippen LogP contribution in [0.4, 0.5) is 5.69 Å². The highest BCUT2D eigenvalue weighted by molar-refractivity contribution is 5.78. The predicted octanol–water partition coefficient (Wildman–Crippen LogP) is 1.58. The van der Waals surface area contributed by atoms with E-state index in [1.165, 1.54) is 0 Å².